The van der Waals surface area contributed by atoms with Crippen LogP contribution in [0.15, 0.2) is 15.9 Å². The number of nitrogens with one attached hydrogen (secondary N) is 1. The number of primary amides is 1. The Kier molecular flexibility index (Phi) is 2.82. The van der Waals surface area contributed by atoms with Crippen molar-refractivity contribution >= 4 is 23.6 Å². The van der Waals surface area contributed by atoms with Gasteiger partial charge in [-0.3, -0.25) is 0 Å². The topological polar surface area (TPSA) is 67.5 Å². The van der Waals surface area contributed by atoms with Crippen LogP contribution in [0.2, 0.25) is 0 Å². The van der Waals surface area contributed by atoms with Crippen LogP contribution in [0.5, 0.6) is 0 Å². The summed E-state index contributed by atoms with van der Waals surface area (Å²) in [6.07, 6.45) is 1.57. The third-order valence-corrected chi connectivity index (χ3v) is 2.15. The average Bonchev–Trinajstić information content (AvgIpc) is 2.36. The maximum Gasteiger partial charge on any atom is 0.332 e. The van der Waals surface area contributed by atoms with Crippen molar-refractivity contribution in [2.75, 3.05) is 0 Å². The molecule has 0 unspecified atom stereocenters. The highest BCUT2D eigenvalue weighted by Crippen LogP contribution is 2.10. The molecule has 5 heteroatoms. The summed E-state index contributed by atoms with van der Waals surface area (Å²) < 4.78 is 0. The quantitative estimate of drug-likeness (QED) is 0.522. The summed E-state index contributed by atoms with van der Waals surface area (Å²) in [5.41, 5.74) is 9.06. The van der Waals surface area contributed by atoms with Crippen molar-refractivity contribution in [3.05, 3.63) is 21.9 Å². The predicted octanol–water partition coefficient (Wildman–Crippen LogP) is 1.06. The van der Waals surface area contributed by atoms with Gasteiger partial charge in [-0.05, 0) is 23.2 Å². The second kappa shape index (κ2) is 3.87. The molecule has 0 bridgehead atoms. The van der Waals surface area contributed by atoms with Crippen LogP contribution < -0.4 is 11.2 Å². The summed E-state index contributed by atoms with van der Waals surface area (Å²) in [6.45, 7) is 1.97. The maximum atomic E-state index is 10.2. The zero-order valence-electron chi connectivity index (χ0n) is 6.57. The summed E-state index contributed by atoms with van der Waals surface area (Å²) in [5, 5.41) is 7.58. The number of nitrogens with zero attached hydrogens (tertiary/aromatic N) is 1. The lowest BCUT2D eigenvalue weighted by atomic mass is 10.2. The van der Waals surface area contributed by atoms with Gasteiger partial charge in [0, 0.05) is 5.56 Å². The molecule has 0 aliphatic carbocycles. The standard InChI is InChI=1S/C7H9N3OS/c1-5-3-12-4-6(5)2-9-10-7(8)11/h2-4H,1H3,(H3,8,10,11). The number of urea groups is 1. The van der Waals surface area contributed by atoms with E-state index in [4.69, 9.17) is 5.73 Å². The van der Waals surface area contributed by atoms with Crippen molar-refractivity contribution < 1.29 is 4.79 Å². The molecule has 3 N–H and O–H groups in total. The van der Waals surface area contributed by atoms with Gasteiger partial charge in [0.25, 0.3) is 0 Å². The fraction of sp³-hybridized carbons (Fsp3) is 0.143. The number of hydrazone groups is 1. The Morgan fingerprint density at radius 3 is 3.00 bits per heavy atom. The Bertz CT molecular complexity index is 305. The van der Waals surface area contributed by atoms with Crippen LogP contribution in [0.3, 0.4) is 0 Å². The Balaban J connectivity index is 2.57. The number of rotatable bonds is 2. The minimum atomic E-state index is -0.654. The number of hydrogen-bond acceptors (Lipinski definition) is 3. The maximum absolute atomic E-state index is 10.2. The first kappa shape index (κ1) is 8.73. The van der Waals surface area contributed by atoms with Gasteiger partial charge in [0.2, 0.25) is 0 Å². The SMILES string of the molecule is Cc1cscc1C=NNC(N)=O. The summed E-state index contributed by atoms with van der Waals surface area (Å²) >= 11 is 1.59. The predicted molar refractivity (Wildman–Crippen MR) is 49.4 cm³/mol. The smallest absolute Gasteiger partial charge is 0.332 e. The van der Waals surface area contributed by atoms with Gasteiger partial charge >= 0.3 is 6.03 Å². The fourth-order valence-electron chi connectivity index (χ4n) is 0.668. The van der Waals surface area contributed by atoms with Gasteiger partial charge in [0.1, 0.15) is 0 Å². The molecule has 0 fully saturated rings. The number of carbonyl (C=O) groups is 1. The highest BCUT2D eigenvalue weighted by molar-refractivity contribution is 7.08. The first-order chi connectivity index (χ1) is 5.70. The zero-order chi connectivity index (χ0) is 8.97. The number of nitrogens with two attached hydrogens (primary N) is 1. The van der Waals surface area contributed by atoms with Crippen LogP contribution in [0.1, 0.15) is 11.1 Å². The number of amides is 2. The Morgan fingerprint density at radius 2 is 2.50 bits per heavy atom. The molecule has 0 saturated heterocycles. The van der Waals surface area contributed by atoms with Crippen LogP contribution >= 0.6 is 11.3 Å². The van der Waals surface area contributed by atoms with E-state index in [1.807, 2.05) is 17.7 Å². The molecule has 0 radical (unpaired) electrons. The molecule has 1 aromatic rings. The summed E-state index contributed by atoms with van der Waals surface area (Å²) in [5.74, 6) is 0. The first-order valence-corrected chi connectivity index (χ1v) is 4.25. The largest absolute Gasteiger partial charge is 0.350 e. The number of thiophene rings is 1. The van der Waals surface area contributed by atoms with Gasteiger partial charge in [-0.2, -0.15) is 16.4 Å². The molecular weight excluding hydrogens is 174 g/mol. The summed E-state index contributed by atoms with van der Waals surface area (Å²) in [4.78, 5) is 10.2. The number of aryl methyl sites for hydroxylation is 1. The lowest BCUT2D eigenvalue weighted by molar-refractivity contribution is 0.249. The van der Waals surface area contributed by atoms with Gasteiger partial charge in [-0.25, -0.2) is 10.2 Å². The highest BCUT2D eigenvalue weighted by Gasteiger charge is 1.93. The van der Waals surface area contributed by atoms with Crippen molar-refractivity contribution in [1.29, 1.82) is 0 Å². The Labute approximate surface area is 74.1 Å². The summed E-state index contributed by atoms with van der Waals surface area (Å²) in [6, 6.07) is -0.654. The van der Waals surface area contributed by atoms with E-state index < -0.39 is 6.03 Å². The van der Waals surface area contributed by atoms with E-state index in [0.29, 0.717) is 0 Å². The van der Waals surface area contributed by atoms with Crippen LogP contribution in [0.25, 0.3) is 0 Å². The van der Waals surface area contributed by atoms with Crippen molar-refractivity contribution in [3.8, 4) is 0 Å². The molecule has 0 saturated carbocycles. The zero-order valence-corrected chi connectivity index (χ0v) is 7.39. The Morgan fingerprint density at radius 1 is 1.75 bits per heavy atom. The second-order valence-corrected chi connectivity index (χ2v) is 2.99. The number of hydrogen-bond donors (Lipinski definition) is 2. The Hall–Kier alpha value is -1.36. The minimum Gasteiger partial charge on any atom is -0.350 e. The molecule has 0 aliphatic rings. The van der Waals surface area contributed by atoms with Crippen LogP contribution in [0, 0.1) is 6.92 Å². The van der Waals surface area contributed by atoms with Crippen LogP contribution in [-0.2, 0) is 0 Å². The highest BCUT2D eigenvalue weighted by atomic mass is 32.1. The van der Waals surface area contributed by atoms with E-state index in [2.05, 4.69) is 10.5 Å². The monoisotopic (exact) mass is 183 g/mol. The third kappa shape index (κ3) is 2.35. The molecular formula is C7H9N3OS. The van der Waals surface area contributed by atoms with Crippen LogP contribution in [0.4, 0.5) is 4.79 Å². The molecule has 4 nitrogen and oxygen atoms in total. The summed E-state index contributed by atoms with van der Waals surface area (Å²) in [7, 11) is 0. The second-order valence-electron chi connectivity index (χ2n) is 2.24. The molecule has 0 aromatic carbocycles. The van der Waals surface area contributed by atoms with Gasteiger partial charge in [0.15, 0.2) is 0 Å². The first-order valence-electron chi connectivity index (χ1n) is 3.31. The van der Waals surface area contributed by atoms with Gasteiger partial charge in [-0.15, -0.1) is 0 Å². The van der Waals surface area contributed by atoms with E-state index in [0.717, 1.165) is 11.1 Å². The fourth-order valence-corrected chi connectivity index (χ4v) is 1.47. The van der Waals surface area contributed by atoms with E-state index in [9.17, 15) is 4.79 Å². The van der Waals surface area contributed by atoms with E-state index in [-0.39, 0.29) is 0 Å². The van der Waals surface area contributed by atoms with Crippen molar-refractivity contribution in [2.45, 2.75) is 6.92 Å². The van der Waals surface area contributed by atoms with Crippen molar-refractivity contribution in [1.82, 2.24) is 5.43 Å². The average molecular weight is 183 g/mol. The molecule has 0 aliphatic heterocycles. The molecule has 1 heterocycles. The van der Waals surface area contributed by atoms with Gasteiger partial charge < -0.3 is 5.73 Å². The van der Waals surface area contributed by atoms with Gasteiger partial charge in [0.05, 0.1) is 6.21 Å². The van der Waals surface area contributed by atoms with Crippen molar-refractivity contribution in [3.63, 3.8) is 0 Å². The normalized spacial score (nSPS) is 10.4. The molecule has 64 valence electrons. The molecule has 12 heavy (non-hydrogen) atoms. The third-order valence-electron chi connectivity index (χ3n) is 1.27. The van der Waals surface area contributed by atoms with E-state index in [1.54, 1.807) is 17.6 Å². The lowest BCUT2D eigenvalue weighted by Crippen LogP contribution is -2.24. The molecule has 1 rings (SSSR count). The molecule has 0 atom stereocenters. The van der Waals surface area contributed by atoms with E-state index in [1.165, 1.54) is 0 Å². The molecule has 1 aromatic heterocycles. The van der Waals surface area contributed by atoms with Crippen LogP contribution in [-0.4, -0.2) is 12.2 Å². The van der Waals surface area contributed by atoms with Crippen molar-refractivity contribution in [2.24, 2.45) is 10.8 Å². The minimum absolute atomic E-state index is 0.654. The molecule has 2 amide bonds. The lowest BCUT2D eigenvalue weighted by Gasteiger charge is -1.90. The van der Waals surface area contributed by atoms with E-state index >= 15 is 0 Å². The molecule has 0 spiro atoms. The number of carbonyl (C=O) groups excluding carboxylic acids is 1. The van der Waals surface area contributed by atoms with Gasteiger partial charge in [-0.1, -0.05) is 0 Å².